The van der Waals surface area contributed by atoms with Gasteiger partial charge in [0.1, 0.15) is 11.2 Å². The predicted octanol–water partition coefficient (Wildman–Crippen LogP) is 7.59. The molecule has 0 fully saturated rings. The smallest absolute Gasteiger partial charge is 0.261 e. The molecule has 32 heavy (non-hydrogen) atoms. The highest BCUT2D eigenvalue weighted by Crippen LogP contribution is 2.43. The molecule has 0 saturated carbocycles. The lowest BCUT2D eigenvalue weighted by Crippen LogP contribution is -2.35. The first-order chi connectivity index (χ1) is 15.5. The number of hydrogen-bond acceptors (Lipinski definition) is 3. The van der Waals surface area contributed by atoms with E-state index >= 15 is 0 Å². The van der Waals surface area contributed by atoms with Crippen LogP contribution in [-0.2, 0) is 6.54 Å². The second-order valence-corrected chi connectivity index (χ2v) is 10.2. The maximum absolute atomic E-state index is 13.6. The Labute approximate surface area is 201 Å². The summed E-state index contributed by atoms with van der Waals surface area (Å²) in [6.07, 6.45) is 4.16. The number of para-hydroxylation sites is 1. The van der Waals surface area contributed by atoms with Crippen LogP contribution in [0.25, 0.3) is 43.5 Å². The van der Waals surface area contributed by atoms with Crippen molar-refractivity contribution in [1.82, 2.24) is 4.57 Å². The number of nitrogens with zero attached hydrogens (tertiary/aromatic N) is 1. The Bertz CT molecular complexity index is 1570. The van der Waals surface area contributed by atoms with E-state index in [-0.39, 0.29) is 11.1 Å². The van der Waals surface area contributed by atoms with Gasteiger partial charge in [0.15, 0.2) is 0 Å². The Kier molecular flexibility index (Phi) is 5.62. The number of benzene rings is 3. The highest BCUT2D eigenvalue weighted by Gasteiger charge is 2.23. The van der Waals surface area contributed by atoms with E-state index < -0.39 is 0 Å². The summed E-state index contributed by atoms with van der Waals surface area (Å²) in [6.45, 7) is 4.74. The summed E-state index contributed by atoms with van der Waals surface area (Å²) < 4.78 is 9.21. The fourth-order valence-corrected chi connectivity index (χ4v) is 5.99. The number of fused-ring (bicyclic) bond motifs is 2. The molecule has 164 valence electrons. The van der Waals surface area contributed by atoms with E-state index in [1.807, 2.05) is 36.4 Å². The quantitative estimate of drug-likeness (QED) is 0.160. The second kappa shape index (κ2) is 8.31. The van der Waals surface area contributed by atoms with E-state index in [9.17, 15) is 9.59 Å². The van der Waals surface area contributed by atoms with E-state index in [4.69, 9.17) is 4.42 Å². The van der Waals surface area contributed by atoms with Gasteiger partial charge in [-0.3, -0.25) is 14.2 Å². The largest absolute Gasteiger partial charge is 0.455 e. The molecule has 0 aliphatic heterocycles. The molecule has 3 aromatic carbocycles. The van der Waals surface area contributed by atoms with Crippen molar-refractivity contribution < 1.29 is 4.42 Å². The van der Waals surface area contributed by atoms with E-state index in [1.54, 1.807) is 0 Å². The van der Waals surface area contributed by atoms with Crippen molar-refractivity contribution in [2.45, 2.75) is 46.1 Å². The van der Waals surface area contributed by atoms with Crippen LogP contribution in [0.3, 0.4) is 0 Å². The van der Waals surface area contributed by atoms with Crippen LogP contribution in [-0.4, -0.2) is 4.57 Å². The number of hydrogen-bond donors (Lipinski definition) is 0. The molecule has 1 unspecified atom stereocenters. The summed E-state index contributed by atoms with van der Waals surface area (Å²) in [6, 6.07) is 11.5. The second-order valence-electron chi connectivity index (χ2n) is 8.50. The van der Waals surface area contributed by atoms with Crippen molar-refractivity contribution >= 4 is 75.3 Å². The molecule has 6 heteroatoms. The van der Waals surface area contributed by atoms with E-state index in [0.717, 1.165) is 51.9 Å². The molecular formula is C26H23Br2NO3. The maximum Gasteiger partial charge on any atom is 0.261 e. The molecule has 5 aromatic rings. The SMILES string of the molecule is CCCCC(CC)Cn1c(=O)c2cc(Br)c3oc4ccccc4c4c(Br)cc(c1=O)c2c34. The van der Waals surface area contributed by atoms with Crippen molar-refractivity contribution in [1.29, 1.82) is 0 Å². The lowest BCUT2D eigenvalue weighted by Gasteiger charge is -2.19. The fourth-order valence-electron chi connectivity index (χ4n) is 4.84. The average Bonchev–Trinajstić information content (AvgIpc) is 2.80. The third kappa shape index (κ3) is 3.22. The highest BCUT2D eigenvalue weighted by molar-refractivity contribution is 9.11. The van der Waals surface area contributed by atoms with Crippen LogP contribution >= 0.6 is 31.9 Å². The molecule has 4 nitrogen and oxygen atoms in total. The van der Waals surface area contributed by atoms with Crippen LogP contribution in [0.15, 0.2) is 59.3 Å². The molecule has 5 rings (SSSR count). The minimum Gasteiger partial charge on any atom is -0.455 e. The zero-order valence-electron chi connectivity index (χ0n) is 18.0. The minimum atomic E-state index is -0.225. The van der Waals surface area contributed by atoms with Crippen molar-refractivity contribution in [2.24, 2.45) is 5.92 Å². The normalized spacial score (nSPS) is 13.1. The third-order valence-corrected chi connectivity index (χ3v) is 7.78. The Balaban J connectivity index is 1.91. The molecule has 0 amide bonds. The van der Waals surface area contributed by atoms with Crippen molar-refractivity contribution in [3.63, 3.8) is 0 Å². The molecule has 0 saturated heterocycles. The number of halogens is 2. The van der Waals surface area contributed by atoms with Gasteiger partial charge in [0, 0.05) is 37.9 Å². The molecule has 0 bridgehead atoms. The first kappa shape index (κ1) is 21.7. The Hall–Kier alpha value is -2.18. The van der Waals surface area contributed by atoms with Crippen molar-refractivity contribution in [3.05, 3.63) is 66.1 Å². The van der Waals surface area contributed by atoms with Gasteiger partial charge in [-0.05, 0) is 46.5 Å². The first-order valence-corrected chi connectivity index (χ1v) is 12.7. The molecule has 0 aliphatic rings. The standard InChI is InChI=1S/C26H23Br2NO3/c1-3-5-8-14(4-2)13-29-25(30)16-11-18(27)22-15-9-6-7-10-20(15)32-24-19(28)12-17(26(29)31)21(16)23(22)24/h6-7,9-12,14H,3-5,8,13H2,1-2H3. The summed E-state index contributed by atoms with van der Waals surface area (Å²) in [4.78, 5) is 27.2. The van der Waals surface area contributed by atoms with E-state index in [0.29, 0.717) is 38.7 Å². The van der Waals surface area contributed by atoms with Crippen LogP contribution in [0, 0.1) is 5.92 Å². The Morgan fingerprint density at radius 3 is 2.28 bits per heavy atom. The molecular weight excluding hydrogens is 534 g/mol. The number of pyridine rings is 1. The average molecular weight is 557 g/mol. The fraction of sp³-hybridized carbons (Fsp3) is 0.308. The summed E-state index contributed by atoms with van der Waals surface area (Å²) in [7, 11) is 0. The van der Waals surface area contributed by atoms with Gasteiger partial charge < -0.3 is 4.42 Å². The molecule has 0 aliphatic carbocycles. The lowest BCUT2D eigenvalue weighted by atomic mass is 9.95. The molecule has 1 atom stereocenters. The van der Waals surface area contributed by atoms with Gasteiger partial charge in [-0.2, -0.15) is 0 Å². The molecule has 0 spiro atoms. The summed E-state index contributed by atoms with van der Waals surface area (Å²) in [5.74, 6) is 0.305. The molecule has 0 radical (unpaired) electrons. The number of rotatable bonds is 6. The van der Waals surface area contributed by atoms with E-state index in [1.165, 1.54) is 4.57 Å². The highest BCUT2D eigenvalue weighted by atomic mass is 79.9. The first-order valence-electron chi connectivity index (χ1n) is 11.1. The molecule has 2 aromatic heterocycles. The Morgan fingerprint density at radius 1 is 0.906 bits per heavy atom. The van der Waals surface area contributed by atoms with Crippen LogP contribution in [0.1, 0.15) is 39.5 Å². The zero-order chi connectivity index (χ0) is 22.6. The Morgan fingerprint density at radius 2 is 1.59 bits per heavy atom. The van der Waals surface area contributed by atoms with Gasteiger partial charge in [0.25, 0.3) is 11.1 Å². The van der Waals surface area contributed by atoms with Gasteiger partial charge in [-0.15, -0.1) is 0 Å². The molecule has 0 N–H and O–H groups in total. The summed E-state index contributed by atoms with van der Waals surface area (Å²) >= 11 is 7.34. The monoisotopic (exact) mass is 555 g/mol. The minimum absolute atomic E-state index is 0.225. The predicted molar refractivity (Wildman–Crippen MR) is 139 cm³/mol. The topological polar surface area (TPSA) is 52.2 Å². The van der Waals surface area contributed by atoms with Crippen LogP contribution < -0.4 is 11.1 Å². The lowest BCUT2D eigenvalue weighted by molar-refractivity contribution is 0.382. The van der Waals surface area contributed by atoms with Gasteiger partial charge in [-0.1, -0.05) is 67.2 Å². The van der Waals surface area contributed by atoms with Gasteiger partial charge >= 0.3 is 0 Å². The summed E-state index contributed by atoms with van der Waals surface area (Å²) in [5, 5.41) is 4.47. The number of unbranched alkanes of at least 4 members (excludes halogenated alkanes) is 1. The van der Waals surface area contributed by atoms with Gasteiger partial charge in [0.05, 0.1) is 9.86 Å². The number of aromatic nitrogens is 1. The third-order valence-electron chi connectivity index (χ3n) is 6.57. The van der Waals surface area contributed by atoms with E-state index in [2.05, 4.69) is 45.7 Å². The zero-order valence-corrected chi connectivity index (χ0v) is 21.2. The van der Waals surface area contributed by atoms with Gasteiger partial charge in [0.2, 0.25) is 0 Å². The summed E-state index contributed by atoms with van der Waals surface area (Å²) in [5.41, 5.74) is 0.943. The van der Waals surface area contributed by atoms with Crippen LogP contribution in [0.4, 0.5) is 0 Å². The molecule has 2 heterocycles. The maximum atomic E-state index is 13.6. The van der Waals surface area contributed by atoms with Crippen LogP contribution in [0.5, 0.6) is 0 Å². The van der Waals surface area contributed by atoms with Crippen molar-refractivity contribution in [3.8, 4) is 0 Å². The van der Waals surface area contributed by atoms with Gasteiger partial charge in [-0.25, -0.2) is 0 Å². The van der Waals surface area contributed by atoms with Crippen molar-refractivity contribution in [2.75, 3.05) is 0 Å². The van der Waals surface area contributed by atoms with Crippen LogP contribution in [0.2, 0.25) is 0 Å².